The molecule has 0 atom stereocenters. The zero-order valence-electron chi connectivity index (χ0n) is 18.4. The van der Waals surface area contributed by atoms with Gasteiger partial charge >= 0.3 is 0 Å². The molecule has 0 amide bonds. The molecule has 3 aromatic rings. The van der Waals surface area contributed by atoms with Gasteiger partial charge in [-0.2, -0.15) is 0 Å². The largest absolute Gasteiger partial charge is 0.490 e. The third-order valence-electron chi connectivity index (χ3n) is 5.07. The van der Waals surface area contributed by atoms with Crippen molar-refractivity contribution in [2.24, 2.45) is 0 Å². The van der Waals surface area contributed by atoms with Crippen LogP contribution in [0.1, 0.15) is 18.1 Å². The van der Waals surface area contributed by atoms with E-state index in [2.05, 4.69) is 36.1 Å². The van der Waals surface area contributed by atoms with Gasteiger partial charge in [0, 0.05) is 30.2 Å². The fraction of sp³-hybridized carbons (Fsp3) is 0.200. The summed E-state index contributed by atoms with van der Waals surface area (Å²) in [5, 5.41) is 0. The highest BCUT2D eigenvalue weighted by molar-refractivity contribution is 7.90. The van der Waals surface area contributed by atoms with E-state index in [-0.39, 0.29) is 0 Å². The van der Waals surface area contributed by atoms with Crippen molar-refractivity contribution in [3.63, 3.8) is 0 Å². The zero-order valence-corrected chi connectivity index (χ0v) is 19.2. The van der Waals surface area contributed by atoms with Crippen molar-refractivity contribution in [1.82, 2.24) is 0 Å². The van der Waals surface area contributed by atoms with Gasteiger partial charge in [-0.05, 0) is 54.4 Å². The summed E-state index contributed by atoms with van der Waals surface area (Å²) in [6.45, 7) is 4.15. The molecule has 7 heteroatoms. The zero-order chi connectivity index (χ0) is 23.1. The predicted octanol–water partition coefficient (Wildman–Crippen LogP) is 4.33. The van der Waals surface area contributed by atoms with Crippen molar-refractivity contribution >= 4 is 39.1 Å². The van der Waals surface area contributed by atoms with Gasteiger partial charge in [0.25, 0.3) is 0 Å². The van der Waals surface area contributed by atoms with Gasteiger partial charge in [0.05, 0.1) is 17.1 Å². The molecule has 0 fully saturated rings. The summed E-state index contributed by atoms with van der Waals surface area (Å²) in [5.74, 6) is 0.603. The lowest BCUT2D eigenvalue weighted by molar-refractivity contribution is 0.326. The van der Waals surface area contributed by atoms with Gasteiger partial charge in [0.2, 0.25) is 0 Å². The van der Waals surface area contributed by atoms with Crippen molar-refractivity contribution in [3.05, 3.63) is 77.9 Å². The first-order valence-electron chi connectivity index (χ1n) is 10.4. The van der Waals surface area contributed by atoms with Crippen LogP contribution in [0, 0.1) is 0 Å². The molecule has 3 rings (SSSR count). The Kier molecular flexibility index (Phi) is 7.43. The molecule has 168 valence electrons. The van der Waals surface area contributed by atoms with Crippen molar-refractivity contribution < 1.29 is 13.2 Å². The molecule has 32 heavy (non-hydrogen) atoms. The Morgan fingerprint density at radius 2 is 1.50 bits per heavy atom. The number of hydrogen-bond acceptors (Lipinski definition) is 6. The number of ether oxygens (including phenoxy) is 1. The second kappa shape index (κ2) is 10.2. The topological polar surface area (TPSA) is 98.7 Å². The van der Waals surface area contributed by atoms with Crippen LogP contribution in [0.25, 0.3) is 12.2 Å². The molecular weight excluding hydrogens is 422 g/mol. The number of nitrogen functional groups attached to an aromatic ring is 2. The number of benzene rings is 3. The normalized spacial score (nSPS) is 11.6. The van der Waals surface area contributed by atoms with Crippen molar-refractivity contribution in [3.8, 4) is 5.75 Å². The summed E-state index contributed by atoms with van der Waals surface area (Å²) in [4.78, 5) is 2.54. The quantitative estimate of drug-likeness (QED) is 0.371. The number of hydrogen-bond donors (Lipinski definition) is 2. The highest BCUT2D eigenvalue weighted by Crippen LogP contribution is 2.24. The molecule has 6 nitrogen and oxygen atoms in total. The van der Waals surface area contributed by atoms with Crippen LogP contribution < -0.4 is 21.1 Å². The van der Waals surface area contributed by atoms with Crippen LogP contribution >= 0.6 is 0 Å². The molecule has 0 aliphatic rings. The van der Waals surface area contributed by atoms with E-state index in [1.165, 1.54) is 6.26 Å². The van der Waals surface area contributed by atoms with Crippen LogP contribution in [0.3, 0.4) is 0 Å². The Hall–Kier alpha value is -3.45. The van der Waals surface area contributed by atoms with E-state index >= 15 is 0 Å². The molecule has 0 saturated heterocycles. The maximum absolute atomic E-state index is 11.6. The summed E-state index contributed by atoms with van der Waals surface area (Å²) in [5.41, 5.74) is 16.0. The van der Waals surface area contributed by atoms with Gasteiger partial charge in [-0.3, -0.25) is 0 Å². The molecule has 4 N–H and O–H groups in total. The highest BCUT2D eigenvalue weighted by atomic mass is 32.2. The molecule has 3 aromatic carbocycles. The smallest absolute Gasteiger partial charge is 0.175 e. The molecule has 0 aliphatic heterocycles. The van der Waals surface area contributed by atoms with E-state index in [4.69, 9.17) is 16.2 Å². The summed E-state index contributed by atoms with van der Waals surface area (Å²) < 4.78 is 28.9. The Balaban J connectivity index is 1.59. The molecule has 0 aromatic heterocycles. The Bertz CT molecular complexity index is 1170. The second-order valence-corrected chi connectivity index (χ2v) is 9.51. The molecule has 0 radical (unpaired) electrons. The van der Waals surface area contributed by atoms with Crippen LogP contribution in [-0.4, -0.2) is 34.4 Å². The van der Waals surface area contributed by atoms with Crippen molar-refractivity contribution in [1.29, 1.82) is 0 Å². The van der Waals surface area contributed by atoms with Crippen LogP contribution in [0.15, 0.2) is 71.6 Å². The number of rotatable bonds is 9. The van der Waals surface area contributed by atoms with Crippen molar-refractivity contribution in [2.75, 3.05) is 42.3 Å². The maximum atomic E-state index is 11.6. The van der Waals surface area contributed by atoms with E-state index in [0.717, 1.165) is 23.4 Å². The highest BCUT2D eigenvalue weighted by Gasteiger charge is 2.07. The number of nitrogens with zero attached hydrogens (tertiary/aromatic N) is 1. The lowest BCUT2D eigenvalue weighted by Gasteiger charge is -2.23. The number of likely N-dealkylation sites (N-methyl/N-ethyl adjacent to an activating group) is 1. The molecule has 0 heterocycles. The summed E-state index contributed by atoms with van der Waals surface area (Å²) in [7, 11) is -3.18. The Morgan fingerprint density at radius 3 is 2.06 bits per heavy atom. The number of sulfone groups is 1. The third-order valence-corrected chi connectivity index (χ3v) is 6.20. The lowest BCUT2D eigenvalue weighted by Crippen LogP contribution is -2.28. The van der Waals surface area contributed by atoms with Gasteiger partial charge in [-0.25, -0.2) is 8.42 Å². The van der Waals surface area contributed by atoms with Crippen LogP contribution in [0.4, 0.5) is 17.1 Å². The van der Waals surface area contributed by atoms with Gasteiger partial charge in [0.1, 0.15) is 12.4 Å². The summed E-state index contributed by atoms with van der Waals surface area (Å²) in [6.07, 6.45) is 5.17. The molecule has 0 saturated carbocycles. The van der Waals surface area contributed by atoms with Gasteiger partial charge in [-0.1, -0.05) is 36.4 Å². The molecule has 0 spiro atoms. The van der Waals surface area contributed by atoms with E-state index in [9.17, 15) is 8.42 Å². The van der Waals surface area contributed by atoms with E-state index in [0.29, 0.717) is 35.2 Å². The molecule has 0 aliphatic carbocycles. The van der Waals surface area contributed by atoms with Crippen LogP contribution in [0.5, 0.6) is 5.75 Å². The monoisotopic (exact) mass is 451 g/mol. The molecule has 0 bridgehead atoms. The minimum absolute atomic E-state index is 0.320. The Labute approximate surface area is 190 Å². The van der Waals surface area contributed by atoms with E-state index < -0.39 is 9.84 Å². The van der Waals surface area contributed by atoms with Gasteiger partial charge in [0.15, 0.2) is 9.84 Å². The van der Waals surface area contributed by atoms with Gasteiger partial charge < -0.3 is 21.1 Å². The van der Waals surface area contributed by atoms with Gasteiger partial charge in [-0.15, -0.1) is 0 Å². The van der Waals surface area contributed by atoms with Crippen LogP contribution in [0.2, 0.25) is 0 Å². The first-order chi connectivity index (χ1) is 15.3. The van der Waals surface area contributed by atoms with E-state index in [1.54, 1.807) is 42.5 Å². The SMILES string of the molecule is CCN(CCOc1cc(N)ccc1N)c1ccc(/C=C/c2ccc(S(C)(=O)=O)cc2)cc1. The maximum Gasteiger partial charge on any atom is 0.175 e. The number of anilines is 3. The Morgan fingerprint density at radius 1 is 0.906 bits per heavy atom. The molecular formula is C25H29N3O3S. The summed E-state index contributed by atoms with van der Waals surface area (Å²) in [6, 6.07) is 20.3. The standard InChI is InChI=1S/C25H29N3O3S/c1-3-28(16-17-31-25-18-21(26)10-15-24(25)27)22-11-6-19(7-12-22)4-5-20-8-13-23(14-9-20)32(2,29)30/h4-15,18H,3,16-17,26-27H2,1-2H3/b5-4+. The first-order valence-corrected chi connectivity index (χ1v) is 12.3. The fourth-order valence-corrected chi connectivity index (χ4v) is 3.86. The lowest BCUT2D eigenvalue weighted by atomic mass is 10.1. The first kappa shape index (κ1) is 23.2. The summed E-state index contributed by atoms with van der Waals surface area (Å²) >= 11 is 0. The molecule has 0 unspecified atom stereocenters. The third kappa shape index (κ3) is 6.28. The number of nitrogens with two attached hydrogens (primary N) is 2. The predicted molar refractivity (Wildman–Crippen MR) is 134 cm³/mol. The minimum atomic E-state index is -3.18. The van der Waals surface area contributed by atoms with E-state index in [1.807, 2.05) is 12.2 Å². The van der Waals surface area contributed by atoms with Crippen molar-refractivity contribution in [2.45, 2.75) is 11.8 Å². The minimum Gasteiger partial charge on any atom is -0.490 e. The fourth-order valence-electron chi connectivity index (χ4n) is 3.23. The average Bonchev–Trinajstić information content (AvgIpc) is 2.78. The second-order valence-electron chi connectivity index (χ2n) is 7.49. The average molecular weight is 452 g/mol. The van der Waals surface area contributed by atoms with Crippen LogP contribution in [-0.2, 0) is 9.84 Å².